The average Bonchev–Trinajstić information content (AvgIpc) is 3.71. The summed E-state index contributed by atoms with van der Waals surface area (Å²) in [5.74, 6) is 0.719. The first-order valence-corrected chi connectivity index (χ1v) is 19.3. The zero-order valence-corrected chi connectivity index (χ0v) is 31.2. The normalized spacial score (nSPS) is 13.0. The third kappa shape index (κ3) is 4.91. The van der Waals surface area contributed by atoms with Crippen LogP contribution < -0.4 is 0 Å². The Labute approximate surface area is 326 Å². The van der Waals surface area contributed by atoms with Crippen LogP contribution in [-0.2, 0) is 5.41 Å². The van der Waals surface area contributed by atoms with E-state index in [1.54, 1.807) is 0 Å². The third-order valence-electron chi connectivity index (χ3n) is 11.8. The minimum absolute atomic E-state index is 0.178. The predicted molar refractivity (Wildman–Crippen MR) is 233 cm³/mol. The van der Waals surface area contributed by atoms with Crippen LogP contribution in [0.1, 0.15) is 25.0 Å². The Balaban J connectivity index is 1.11. The molecule has 2 heterocycles. The fourth-order valence-electron chi connectivity index (χ4n) is 9.27. The Morgan fingerprint density at radius 3 is 1.79 bits per heavy atom. The minimum Gasteiger partial charge on any atom is -0.309 e. The van der Waals surface area contributed by atoms with Crippen molar-refractivity contribution in [3.05, 3.63) is 199 Å². The summed E-state index contributed by atoms with van der Waals surface area (Å²) in [7, 11) is 0. The molecule has 0 radical (unpaired) electrons. The minimum atomic E-state index is -0.178. The molecule has 0 fully saturated rings. The molecule has 11 rings (SSSR count). The second-order valence-corrected chi connectivity index (χ2v) is 15.4. The molecule has 0 saturated carbocycles. The largest absolute Gasteiger partial charge is 0.309 e. The molecule has 3 nitrogen and oxygen atoms in total. The molecule has 1 aliphatic carbocycles. The molecular formula is C53H37N3. The van der Waals surface area contributed by atoms with Gasteiger partial charge in [-0.2, -0.15) is 0 Å². The highest BCUT2D eigenvalue weighted by atomic mass is 15.0. The Morgan fingerprint density at radius 1 is 0.393 bits per heavy atom. The lowest BCUT2D eigenvalue weighted by Gasteiger charge is -2.24. The summed E-state index contributed by atoms with van der Waals surface area (Å²) in [6.07, 6.45) is 0. The highest BCUT2D eigenvalue weighted by molar-refractivity contribution is 6.12. The van der Waals surface area contributed by atoms with E-state index < -0.39 is 0 Å². The number of aromatic nitrogens is 3. The topological polar surface area (TPSA) is 30.7 Å². The lowest BCUT2D eigenvalue weighted by molar-refractivity contribution is 0.662. The van der Waals surface area contributed by atoms with Gasteiger partial charge in [0, 0.05) is 38.6 Å². The first kappa shape index (κ1) is 32.3. The fraction of sp³-hybridized carbons (Fsp3) is 0.0566. The van der Waals surface area contributed by atoms with Crippen LogP contribution in [0.4, 0.5) is 0 Å². The lowest BCUT2D eigenvalue weighted by atomic mass is 9.79. The second-order valence-electron chi connectivity index (χ2n) is 15.4. The Bertz CT molecular complexity index is 3150. The first-order valence-electron chi connectivity index (χ1n) is 19.3. The zero-order valence-electron chi connectivity index (χ0n) is 31.2. The third-order valence-corrected chi connectivity index (χ3v) is 11.8. The molecule has 0 N–H and O–H groups in total. The van der Waals surface area contributed by atoms with Crippen molar-refractivity contribution in [2.75, 3.05) is 0 Å². The summed E-state index contributed by atoms with van der Waals surface area (Å²) in [5, 5.41) is 4.84. The predicted octanol–water partition coefficient (Wildman–Crippen LogP) is 13.7. The highest BCUT2D eigenvalue weighted by Gasteiger charge is 2.37. The molecule has 0 spiro atoms. The molecule has 0 aliphatic heterocycles. The van der Waals surface area contributed by atoms with E-state index in [0.717, 1.165) is 45.0 Å². The average molecular weight is 716 g/mol. The molecule has 3 heteroatoms. The van der Waals surface area contributed by atoms with Gasteiger partial charge in [-0.15, -0.1) is 0 Å². The van der Waals surface area contributed by atoms with E-state index >= 15 is 0 Å². The van der Waals surface area contributed by atoms with Crippen LogP contribution >= 0.6 is 0 Å². The van der Waals surface area contributed by atoms with Gasteiger partial charge >= 0.3 is 0 Å². The van der Waals surface area contributed by atoms with Gasteiger partial charge in [-0.25, -0.2) is 9.97 Å². The van der Waals surface area contributed by atoms with Crippen LogP contribution in [0.15, 0.2) is 188 Å². The van der Waals surface area contributed by atoms with Crippen LogP contribution in [0.2, 0.25) is 0 Å². The summed E-state index contributed by atoms with van der Waals surface area (Å²) >= 11 is 0. The SMILES string of the molecule is CC1(C)c2ccccc2-c2cccc(-c3cc(-c4ccc(-c5ccc6c7ccccc7n(-c7ccccc7)c6c5)c5ccccc45)nc(-c4ccccc4)n3)c21. The first-order chi connectivity index (χ1) is 27.5. The molecular weight excluding hydrogens is 679 g/mol. The Hall–Kier alpha value is -7.10. The molecule has 1 aliphatic rings. The van der Waals surface area contributed by atoms with E-state index in [-0.39, 0.29) is 5.41 Å². The van der Waals surface area contributed by atoms with Crippen molar-refractivity contribution in [1.82, 2.24) is 14.5 Å². The number of para-hydroxylation sites is 2. The molecule has 0 bridgehead atoms. The summed E-state index contributed by atoms with van der Waals surface area (Å²) in [5.41, 5.74) is 16.0. The molecule has 0 unspecified atom stereocenters. The van der Waals surface area contributed by atoms with Crippen molar-refractivity contribution in [3.8, 4) is 61.8 Å². The Kier molecular flexibility index (Phi) is 7.20. The van der Waals surface area contributed by atoms with E-state index in [1.807, 2.05) is 6.07 Å². The monoisotopic (exact) mass is 715 g/mol. The smallest absolute Gasteiger partial charge is 0.160 e. The molecule has 0 saturated heterocycles. The van der Waals surface area contributed by atoms with Gasteiger partial charge in [-0.1, -0.05) is 172 Å². The van der Waals surface area contributed by atoms with Gasteiger partial charge in [-0.3, -0.25) is 0 Å². The van der Waals surface area contributed by atoms with Gasteiger partial charge in [0.15, 0.2) is 5.82 Å². The standard InChI is InChI=1S/C53H37N3/c1-53(2)46-26-13-11-22-40(46)44-24-15-25-45(51(44)53)48-33-47(54-52(55-48)34-16-5-3-6-17-34)41-31-30-37(38-20-9-10-21-39(38)41)35-28-29-43-42-23-12-14-27-49(42)56(50(43)32-35)36-18-7-4-8-19-36/h3-33H,1-2H3. The van der Waals surface area contributed by atoms with Crippen molar-refractivity contribution in [1.29, 1.82) is 0 Å². The quantitative estimate of drug-likeness (QED) is 0.178. The summed E-state index contributed by atoms with van der Waals surface area (Å²) in [6.45, 7) is 4.68. The van der Waals surface area contributed by atoms with Crippen molar-refractivity contribution in [2.45, 2.75) is 19.3 Å². The summed E-state index contributed by atoms with van der Waals surface area (Å²) in [6, 6.07) is 67.6. The number of rotatable bonds is 5. The maximum Gasteiger partial charge on any atom is 0.160 e. The molecule has 56 heavy (non-hydrogen) atoms. The van der Waals surface area contributed by atoms with Gasteiger partial charge < -0.3 is 4.57 Å². The van der Waals surface area contributed by atoms with E-state index in [4.69, 9.17) is 9.97 Å². The number of fused-ring (bicyclic) bond motifs is 7. The number of nitrogens with zero attached hydrogens (tertiary/aromatic N) is 3. The van der Waals surface area contributed by atoms with Crippen molar-refractivity contribution in [2.24, 2.45) is 0 Å². The number of hydrogen-bond donors (Lipinski definition) is 0. The van der Waals surface area contributed by atoms with E-state index in [9.17, 15) is 0 Å². The molecule has 8 aromatic carbocycles. The van der Waals surface area contributed by atoms with Crippen molar-refractivity contribution in [3.63, 3.8) is 0 Å². The van der Waals surface area contributed by atoms with Crippen molar-refractivity contribution < 1.29 is 0 Å². The molecule has 0 amide bonds. The summed E-state index contributed by atoms with van der Waals surface area (Å²) in [4.78, 5) is 10.6. The van der Waals surface area contributed by atoms with Crippen LogP contribution in [-0.4, -0.2) is 14.5 Å². The molecule has 0 atom stereocenters. The number of hydrogen-bond acceptors (Lipinski definition) is 2. The maximum atomic E-state index is 5.32. The van der Waals surface area contributed by atoms with Crippen LogP contribution in [0.5, 0.6) is 0 Å². The van der Waals surface area contributed by atoms with Gasteiger partial charge in [0.05, 0.1) is 22.4 Å². The maximum absolute atomic E-state index is 5.32. The highest BCUT2D eigenvalue weighted by Crippen LogP contribution is 2.52. The molecule has 264 valence electrons. The van der Waals surface area contributed by atoms with Gasteiger partial charge in [0.2, 0.25) is 0 Å². The Morgan fingerprint density at radius 2 is 0.982 bits per heavy atom. The zero-order chi connectivity index (χ0) is 37.4. The van der Waals surface area contributed by atoms with Gasteiger partial charge in [0.25, 0.3) is 0 Å². The van der Waals surface area contributed by atoms with E-state index in [0.29, 0.717) is 0 Å². The second kappa shape index (κ2) is 12.5. The molecule has 2 aromatic heterocycles. The molecule has 10 aromatic rings. The van der Waals surface area contributed by atoms with Gasteiger partial charge in [0.1, 0.15) is 0 Å². The fourth-order valence-corrected chi connectivity index (χ4v) is 9.27. The van der Waals surface area contributed by atoms with E-state index in [2.05, 4.69) is 200 Å². The number of benzene rings is 8. The van der Waals surface area contributed by atoms with Gasteiger partial charge in [-0.05, 0) is 74.5 Å². The summed E-state index contributed by atoms with van der Waals surface area (Å²) < 4.78 is 2.39. The van der Waals surface area contributed by atoms with E-state index in [1.165, 1.54) is 60.6 Å². The lowest BCUT2D eigenvalue weighted by Crippen LogP contribution is -2.16. The van der Waals surface area contributed by atoms with Crippen LogP contribution in [0, 0.1) is 0 Å². The van der Waals surface area contributed by atoms with Crippen LogP contribution in [0.25, 0.3) is 94.4 Å². The van der Waals surface area contributed by atoms with Crippen molar-refractivity contribution >= 4 is 32.6 Å². The van der Waals surface area contributed by atoms with Crippen LogP contribution in [0.3, 0.4) is 0 Å².